The Balaban J connectivity index is 2.48. The molecule has 4 heteroatoms. The fraction of sp³-hybridized carbons (Fsp3) is 0.462. The first-order valence-electron chi connectivity index (χ1n) is 5.91. The number of aliphatic carboxylic acids is 1. The summed E-state index contributed by atoms with van der Waals surface area (Å²) in [6.07, 6.45) is 2.21. The van der Waals surface area contributed by atoms with E-state index < -0.39 is 5.97 Å². The molecule has 0 aliphatic heterocycles. The highest BCUT2D eigenvalue weighted by atomic mass is 16.5. The van der Waals surface area contributed by atoms with Gasteiger partial charge in [-0.3, -0.25) is 4.79 Å². The first-order chi connectivity index (χ1) is 8.24. The van der Waals surface area contributed by atoms with Crippen LogP contribution in [-0.2, 0) is 4.79 Å². The first-order valence-corrected chi connectivity index (χ1v) is 5.91. The topological polar surface area (TPSA) is 58.6 Å². The molecule has 0 unspecified atom stereocenters. The highest BCUT2D eigenvalue weighted by Gasteiger charge is 2.03. The summed E-state index contributed by atoms with van der Waals surface area (Å²) in [5, 5.41) is 11.6. The summed E-state index contributed by atoms with van der Waals surface area (Å²) in [4.78, 5) is 10.4. The lowest BCUT2D eigenvalue weighted by atomic mass is 10.3. The molecule has 0 amide bonds. The Hall–Kier alpha value is -1.71. The molecule has 0 aliphatic rings. The van der Waals surface area contributed by atoms with Crippen molar-refractivity contribution < 1.29 is 14.6 Å². The van der Waals surface area contributed by atoms with Crippen LogP contribution in [0.25, 0.3) is 0 Å². The lowest BCUT2D eigenvalue weighted by Crippen LogP contribution is -2.09. The molecule has 0 radical (unpaired) electrons. The minimum Gasteiger partial charge on any atom is -0.491 e. The molecule has 0 fully saturated rings. The van der Waals surface area contributed by atoms with Crippen LogP contribution in [0.15, 0.2) is 24.3 Å². The maximum absolute atomic E-state index is 10.4. The van der Waals surface area contributed by atoms with Gasteiger partial charge in [0.1, 0.15) is 5.75 Å². The molecule has 0 spiro atoms. The monoisotopic (exact) mass is 237 g/mol. The largest absolute Gasteiger partial charge is 0.491 e. The van der Waals surface area contributed by atoms with Gasteiger partial charge < -0.3 is 15.2 Å². The molecule has 17 heavy (non-hydrogen) atoms. The van der Waals surface area contributed by atoms with E-state index in [4.69, 9.17) is 9.84 Å². The Kier molecular flexibility index (Phi) is 5.93. The number of carbonyl (C=O) groups is 1. The van der Waals surface area contributed by atoms with Gasteiger partial charge in [0.15, 0.2) is 0 Å². The second-order valence-electron chi connectivity index (χ2n) is 3.77. The van der Waals surface area contributed by atoms with Crippen molar-refractivity contribution in [2.45, 2.75) is 26.2 Å². The van der Waals surface area contributed by atoms with Crippen LogP contribution < -0.4 is 10.1 Å². The van der Waals surface area contributed by atoms with E-state index in [1.54, 1.807) is 0 Å². The van der Waals surface area contributed by atoms with Gasteiger partial charge in [0.25, 0.3) is 0 Å². The van der Waals surface area contributed by atoms with Crippen LogP contribution in [0.2, 0.25) is 0 Å². The number of hydrogen-bond acceptors (Lipinski definition) is 3. The molecule has 0 saturated heterocycles. The van der Waals surface area contributed by atoms with Gasteiger partial charge in [-0.2, -0.15) is 0 Å². The summed E-state index contributed by atoms with van der Waals surface area (Å²) in [6.45, 7) is 3.21. The van der Waals surface area contributed by atoms with Gasteiger partial charge in [0.05, 0.1) is 18.7 Å². The van der Waals surface area contributed by atoms with Gasteiger partial charge in [-0.1, -0.05) is 25.5 Å². The number of para-hydroxylation sites is 2. The van der Waals surface area contributed by atoms with Crippen molar-refractivity contribution in [3.05, 3.63) is 24.3 Å². The average molecular weight is 237 g/mol. The molecule has 1 rings (SSSR count). The number of benzene rings is 1. The molecular weight excluding hydrogens is 218 g/mol. The average Bonchev–Trinajstić information content (AvgIpc) is 2.31. The number of carboxylic acids is 1. The van der Waals surface area contributed by atoms with E-state index in [1.807, 2.05) is 24.3 Å². The van der Waals surface area contributed by atoms with E-state index in [1.165, 1.54) is 0 Å². The van der Waals surface area contributed by atoms with E-state index in [9.17, 15) is 4.79 Å². The third-order valence-corrected chi connectivity index (χ3v) is 2.30. The van der Waals surface area contributed by atoms with Crippen LogP contribution in [0.1, 0.15) is 26.2 Å². The number of rotatable bonds is 8. The van der Waals surface area contributed by atoms with Crippen molar-refractivity contribution >= 4 is 11.7 Å². The Morgan fingerprint density at radius 2 is 2.18 bits per heavy atom. The Bertz CT molecular complexity index is 352. The SMILES string of the molecule is CCCCOc1ccccc1NCCC(=O)O. The lowest BCUT2D eigenvalue weighted by Gasteiger charge is -2.12. The first kappa shape index (κ1) is 13.4. The van der Waals surface area contributed by atoms with Crippen molar-refractivity contribution in [3.8, 4) is 5.75 Å². The minimum absolute atomic E-state index is 0.100. The molecule has 94 valence electrons. The Morgan fingerprint density at radius 1 is 1.41 bits per heavy atom. The van der Waals surface area contributed by atoms with Crippen molar-refractivity contribution in [3.63, 3.8) is 0 Å². The van der Waals surface area contributed by atoms with Crippen LogP contribution >= 0.6 is 0 Å². The zero-order chi connectivity index (χ0) is 12.5. The van der Waals surface area contributed by atoms with Crippen LogP contribution in [0, 0.1) is 0 Å². The van der Waals surface area contributed by atoms with Crippen LogP contribution in [0.3, 0.4) is 0 Å². The van der Waals surface area contributed by atoms with Crippen LogP contribution in [-0.4, -0.2) is 24.2 Å². The zero-order valence-corrected chi connectivity index (χ0v) is 10.1. The molecule has 0 aliphatic carbocycles. The molecule has 1 aromatic rings. The molecule has 2 N–H and O–H groups in total. The Morgan fingerprint density at radius 3 is 2.88 bits per heavy atom. The van der Waals surface area contributed by atoms with Gasteiger partial charge in [0.2, 0.25) is 0 Å². The van der Waals surface area contributed by atoms with E-state index in [0.717, 1.165) is 24.3 Å². The predicted molar refractivity (Wildman–Crippen MR) is 67.6 cm³/mol. The summed E-state index contributed by atoms with van der Waals surface area (Å²) < 4.78 is 5.63. The zero-order valence-electron chi connectivity index (χ0n) is 10.1. The minimum atomic E-state index is -0.804. The van der Waals surface area contributed by atoms with Gasteiger partial charge in [-0.15, -0.1) is 0 Å². The fourth-order valence-corrected chi connectivity index (χ4v) is 1.37. The summed E-state index contributed by atoms with van der Waals surface area (Å²) in [6, 6.07) is 7.58. The molecule has 4 nitrogen and oxygen atoms in total. The highest BCUT2D eigenvalue weighted by Crippen LogP contribution is 2.23. The van der Waals surface area contributed by atoms with Crippen molar-refractivity contribution in [1.82, 2.24) is 0 Å². The van der Waals surface area contributed by atoms with Crippen molar-refractivity contribution in [2.24, 2.45) is 0 Å². The molecule has 0 saturated carbocycles. The normalized spacial score (nSPS) is 9.94. The van der Waals surface area contributed by atoms with Gasteiger partial charge in [-0.05, 0) is 18.6 Å². The third-order valence-electron chi connectivity index (χ3n) is 2.30. The third kappa shape index (κ3) is 5.24. The number of ether oxygens (including phenoxy) is 1. The number of anilines is 1. The maximum atomic E-state index is 10.4. The molecule has 0 heterocycles. The summed E-state index contributed by atoms with van der Waals surface area (Å²) in [7, 11) is 0. The molecule has 0 aromatic heterocycles. The predicted octanol–water partition coefficient (Wildman–Crippen LogP) is 2.75. The van der Waals surface area contributed by atoms with E-state index >= 15 is 0 Å². The summed E-state index contributed by atoms with van der Waals surface area (Å²) >= 11 is 0. The summed E-state index contributed by atoms with van der Waals surface area (Å²) in [5.74, 6) is -0.0202. The number of nitrogens with one attached hydrogen (secondary N) is 1. The maximum Gasteiger partial charge on any atom is 0.305 e. The van der Waals surface area contributed by atoms with Gasteiger partial charge in [-0.25, -0.2) is 0 Å². The van der Waals surface area contributed by atoms with E-state index in [2.05, 4.69) is 12.2 Å². The van der Waals surface area contributed by atoms with E-state index in [0.29, 0.717) is 13.2 Å². The smallest absolute Gasteiger partial charge is 0.305 e. The number of unbranched alkanes of at least 4 members (excludes halogenated alkanes) is 1. The Labute approximate surface area is 102 Å². The number of hydrogen-bond donors (Lipinski definition) is 2. The van der Waals surface area contributed by atoms with E-state index in [-0.39, 0.29) is 6.42 Å². The molecule has 1 aromatic carbocycles. The lowest BCUT2D eigenvalue weighted by molar-refractivity contribution is -0.136. The van der Waals surface area contributed by atoms with Crippen LogP contribution in [0.4, 0.5) is 5.69 Å². The van der Waals surface area contributed by atoms with Crippen LogP contribution in [0.5, 0.6) is 5.75 Å². The molecule has 0 atom stereocenters. The second kappa shape index (κ2) is 7.54. The van der Waals surface area contributed by atoms with Gasteiger partial charge in [0, 0.05) is 6.54 Å². The standard InChI is InChI=1S/C13H19NO3/c1-2-3-10-17-12-7-5-4-6-11(12)14-9-8-13(15)16/h4-7,14H,2-3,8-10H2,1H3,(H,15,16). The molecule has 0 bridgehead atoms. The second-order valence-corrected chi connectivity index (χ2v) is 3.77. The summed E-state index contributed by atoms with van der Waals surface area (Å²) in [5.41, 5.74) is 0.852. The highest BCUT2D eigenvalue weighted by molar-refractivity contribution is 5.68. The fourth-order valence-electron chi connectivity index (χ4n) is 1.37. The van der Waals surface area contributed by atoms with Crippen molar-refractivity contribution in [1.29, 1.82) is 0 Å². The van der Waals surface area contributed by atoms with Gasteiger partial charge >= 0.3 is 5.97 Å². The van der Waals surface area contributed by atoms with Crippen molar-refractivity contribution in [2.75, 3.05) is 18.5 Å². The number of carboxylic acid groups (broad SMARTS) is 1. The molecular formula is C13H19NO3. The quantitative estimate of drug-likeness (QED) is 0.682.